The van der Waals surface area contributed by atoms with Crippen LogP contribution in [0.25, 0.3) is 0 Å². The zero-order valence-corrected chi connectivity index (χ0v) is 30.5. The molecule has 2 aromatic rings. The number of carbonyl (C=O) groups excluding carboxylic acids is 4. The third-order valence-electron chi connectivity index (χ3n) is 8.96. The molecular formula is C36H50N4O9S. The molecule has 0 bridgehead atoms. The van der Waals surface area contributed by atoms with Crippen LogP contribution in [0.5, 0.6) is 5.75 Å². The van der Waals surface area contributed by atoms with Crippen LogP contribution in [-0.2, 0) is 23.9 Å². The zero-order chi connectivity index (χ0) is 36.4. The van der Waals surface area contributed by atoms with Gasteiger partial charge in [-0.3, -0.25) is 24.1 Å². The van der Waals surface area contributed by atoms with Crippen molar-refractivity contribution in [3.05, 3.63) is 45.9 Å². The summed E-state index contributed by atoms with van der Waals surface area (Å²) >= 11 is 1.34. The number of hydrogen-bond donors (Lipinski definition) is 2. The van der Waals surface area contributed by atoms with Crippen LogP contribution in [0.4, 0.5) is 4.79 Å². The first-order valence-corrected chi connectivity index (χ1v) is 18.2. The van der Waals surface area contributed by atoms with Gasteiger partial charge in [0.15, 0.2) is 0 Å². The van der Waals surface area contributed by atoms with Crippen molar-refractivity contribution in [1.29, 1.82) is 0 Å². The quantitative estimate of drug-likeness (QED) is 0.184. The number of ketones is 1. The van der Waals surface area contributed by atoms with E-state index in [0.29, 0.717) is 29.3 Å². The number of carboxylic acid groups (broad SMARTS) is 1. The summed E-state index contributed by atoms with van der Waals surface area (Å²) in [6.45, 7) is 7.92. The number of likely N-dealkylation sites (tertiary alicyclic amines) is 1. The van der Waals surface area contributed by atoms with Gasteiger partial charge in [-0.15, -0.1) is 11.3 Å². The minimum atomic E-state index is -0.932. The molecule has 14 heteroatoms. The number of likely N-dealkylation sites (N-methyl/N-ethyl adjacent to an activating group) is 1. The minimum Gasteiger partial charge on any atom is -0.491 e. The highest BCUT2D eigenvalue weighted by atomic mass is 32.1. The van der Waals surface area contributed by atoms with E-state index in [0.717, 1.165) is 38.5 Å². The van der Waals surface area contributed by atoms with E-state index in [-0.39, 0.29) is 55.6 Å². The van der Waals surface area contributed by atoms with Crippen molar-refractivity contribution in [1.82, 2.24) is 20.1 Å². The number of nitrogens with one attached hydrogen (secondary N) is 1. The highest BCUT2D eigenvalue weighted by Crippen LogP contribution is 2.36. The molecule has 1 aliphatic heterocycles. The average Bonchev–Trinajstić information content (AvgIpc) is 3.77. The van der Waals surface area contributed by atoms with Crippen LogP contribution >= 0.6 is 11.3 Å². The van der Waals surface area contributed by atoms with Gasteiger partial charge in [0.05, 0.1) is 25.7 Å². The summed E-state index contributed by atoms with van der Waals surface area (Å²) in [5, 5.41) is 14.1. The number of rotatable bonds is 15. The Morgan fingerprint density at radius 1 is 1.06 bits per heavy atom. The molecule has 13 nitrogen and oxygen atoms in total. The number of thiazole rings is 1. The number of amides is 3. The molecule has 1 aliphatic carbocycles. The molecule has 3 amide bonds. The lowest BCUT2D eigenvalue weighted by molar-refractivity contribution is -0.140. The molecule has 1 saturated carbocycles. The molecule has 0 unspecified atom stereocenters. The predicted octanol–water partition coefficient (Wildman–Crippen LogP) is 5.23. The van der Waals surface area contributed by atoms with Crippen LogP contribution in [0.2, 0.25) is 0 Å². The summed E-state index contributed by atoms with van der Waals surface area (Å²) in [4.78, 5) is 72.3. The van der Waals surface area contributed by atoms with Gasteiger partial charge >= 0.3 is 12.1 Å². The average molecular weight is 715 g/mol. The molecule has 2 fully saturated rings. The lowest BCUT2D eigenvalue weighted by Gasteiger charge is -2.36. The Morgan fingerprint density at radius 3 is 2.50 bits per heavy atom. The van der Waals surface area contributed by atoms with Gasteiger partial charge in [-0.1, -0.05) is 31.4 Å². The third-order valence-corrected chi connectivity index (χ3v) is 9.90. The summed E-state index contributed by atoms with van der Waals surface area (Å²) in [5.41, 5.74) is -0.0425. The van der Waals surface area contributed by atoms with E-state index in [1.165, 1.54) is 23.3 Å². The van der Waals surface area contributed by atoms with Gasteiger partial charge in [-0.2, -0.15) is 0 Å². The van der Waals surface area contributed by atoms with Crippen LogP contribution in [0.15, 0.2) is 29.6 Å². The Labute approximate surface area is 297 Å². The fraction of sp³-hybridized carbons (Fsp3) is 0.611. The molecule has 0 spiro atoms. The van der Waals surface area contributed by atoms with Gasteiger partial charge in [0.25, 0.3) is 0 Å². The fourth-order valence-corrected chi connectivity index (χ4v) is 7.10. The number of carboxylic acids is 1. The van der Waals surface area contributed by atoms with Crippen molar-refractivity contribution in [2.75, 3.05) is 33.4 Å². The molecule has 2 N–H and O–H groups in total. The molecule has 2 heterocycles. The first kappa shape index (κ1) is 38.8. The second-order valence-corrected chi connectivity index (χ2v) is 14.8. The number of aromatic nitrogens is 1. The van der Waals surface area contributed by atoms with E-state index in [1.807, 2.05) is 0 Å². The first-order chi connectivity index (χ1) is 23.7. The van der Waals surface area contributed by atoms with Crippen molar-refractivity contribution >= 4 is 41.0 Å². The monoisotopic (exact) mass is 714 g/mol. The summed E-state index contributed by atoms with van der Waals surface area (Å²) < 4.78 is 16.4. The Balaban J connectivity index is 1.43. The van der Waals surface area contributed by atoms with Gasteiger partial charge in [-0.25, -0.2) is 9.78 Å². The molecular weight excluding hydrogens is 664 g/mol. The highest BCUT2D eigenvalue weighted by Gasteiger charge is 2.41. The van der Waals surface area contributed by atoms with Crippen molar-refractivity contribution in [3.63, 3.8) is 0 Å². The maximum atomic E-state index is 14.3. The molecule has 2 aliphatic rings. The molecule has 50 heavy (non-hydrogen) atoms. The Hall–Kier alpha value is -4.04. The Bertz CT molecular complexity index is 1500. The molecule has 4 rings (SSSR count). The normalized spacial score (nSPS) is 17.9. The van der Waals surface area contributed by atoms with E-state index >= 15 is 0 Å². The maximum absolute atomic E-state index is 14.3. The van der Waals surface area contributed by atoms with Crippen molar-refractivity contribution in [2.24, 2.45) is 5.92 Å². The van der Waals surface area contributed by atoms with Crippen LogP contribution in [0, 0.1) is 5.92 Å². The summed E-state index contributed by atoms with van der Waals surface area (Å²) in [7, 11) is 1.51. The fourth-order valence-electron chi connectivity index (χ4n) is 6.16. The molecule has 274 valence electrons. The second kappa shape index (κ2) is 17.8. The van der Waals surface area contributed by atoms with E-state index < -0.39 is 35.7 Å². The first-order valence-electron chi connectivity index (χ1n) is 17.3. The van der Waals surface area contributed by atoms with E-state index in [1.54, 1.807) is 62.2 Å². The van der Waals surface area contributed by atoms with Crippen LogP contribution in [-0.4, -0.2) is 101 Å². The van der Waals surface area contributed by atoms with Crippen LogP contribution < -0.4 is 10.1 Å². The molecule has 0 radical (unpaired) electrons. The van der Waals surface area contributed by atoms with Gasteiger partial charge in [0, 0.05) is 24.5 Å². The number of benzene rings is 1. The van der Waals surface area contributed by atoms with Crippen molar-refractivity contribution in [3.8, 4) is 5.75 Å². The number of hydrogen-bond acceptors (Lipinski definition) is 10. The highest BCUT2D eigenvalue weighted by molar-refractivity contribution is 7.10. The maximum Gasteiger partial charge on any atom is 0.410 e. The number of nitrogens with zero attached hydrogens (tertiary/aromatic N) is 3. The molecule has 1 aromatic heterocycles. The Kier molecular flexibility index (Phi) is 13.8. The van der Waals surface area contributed by atoms with Gasteiger partial charge in [-0.05, 0) is 71.4 Å². The van der Waals surface area contributed by atoms with Crippen LogP contribution in [0.3, 0.4) is 0 Å². The number of aliphatic carboxylic acids is 1. The van der Waals surface area contributed by atoms with E-state index in [4.69, 9.17) is 24.3 Å². The number of ether oxygens (including phenoxy) is 3. The van der Waals surface area contributed by atoms with Crippen molar-refractivity contribution < 1.29 is 43.3 Å². The summed E-state index contributed by atoms with van der Waals surface area (Å²) in [6, 6.07) is 4.82. The summed E-state index contributed by atoms with van der Waals surface area (Å²) in [5.74, 6) is -1.35. The van der Waals surface area contributed by atoms with Gasteiger partial charge < -0.3 is 29.5 Å². The summed E-state index contributed by atoms with van der Waals surface area (Å²) in [6.07, 6.45) is 5.44. The number of carbonyl (C=O) groups is 5. The minimum absolute atomic E-state index is 0.0280. The van der Waals surface area contributed by atoms with Gasteiger partial charge in [0.2, 0.25) is 17.6 Å². The lowest BCUT2D eigenvalue weighted by atomic mass is 9.83. The molecule has 3 atom stereocenters. The molecule has 1 aromatic carbocycles. The zero-order valence-electron chi connectivity index (χ0n) is 29.6. The van der Waals surface area contributed by atoms with Crippen molar-refractivity contribution in [2.45, 2.75) is 103 Å². The third kappa shape index (κ3) is 10.7. The standard InChI is InChI=1S/C36H50N4O9S/c1-23(39(5)35(46)49-36(2,3)4)32(44)38-30(24-11-7-6-8-12-24)34(45)40-17-10-15-28(40)33-37-27(22-50-33)31(43)25-13-9-14-26(21-25)48-20-19-47-18-16-29(41)42/h9,13-14,21-24,28,30H,6-8,10-12,15-20H2,1-5H3,(H,38,44)(H,41,42)/t23-,28+,30-/m0/s1. The molecule has 1 saturated heterocycles. The smallest absolute Gasteiger partial charge is 0.410 e. The topological polar surface area (TPSA) is 165 Å². The SMILES string of the molecule is C[C@@H](C(=O)N[C@H](C(=O)N1CCC[C@@H]1c1nc(C(=O)c2cccc(OCCOCCC(=O)O)c2)cs1)C1CCCCC1)N(C)C(=O)OC(C)(C)C. The van der Waals surface area contributed by atoms with Crippen LogP contribution in [0.1, 0.15) is 106 Å². The van der Waals surface area contributed by atoms with E-state index in [2.05, 4.69) is 5.32 Å². The predicted molar refractivity (Wildman–Crippen MR) is 186 cm³/mol. The second-order valence-electron chi connectivity index (χ2n) is 13.9. The lowest BCUT2D eigenvalue weighted by Crippen LogP contribution is -2.56. The Morgan fingerprint density at radius 2 is 1.80 bits per heavy atom. The van der Waals surface area contributed by atoms with Gasteiger partial charge in [0.1, 0.15) is 40.7 Å². The van der Waals surface area contributed by atoms with E-state index in [9.17, 15) is 24.0 Å². The largest absolute Gasteiger partial charge is 0.491 e.